The number of aromatic nitrogens is 3. The van der Waals surface area contributed by atoms with E-state index < -0.39 is 0 Å². The third kappa shape index (κ3) is 2.93. The highest BCUT2D eigenvalue weighted by Gasteiger charge is 2.45. The first-order valence-electron chi connectivity index (χ1n) is 10.6. The van der Waals surface area contributed by atoms with Crippen molar-refractivity contribution in [1.82, 2.24) is 15.0 Å². The van der Waals surface area contributed by atoms with Gasteiger partial charge >= 0.3 is 6.01 Å². The molecular formula is C23H23FN6O. The zero-order valence-corrected chi connectivity index (χ0v) is 17.2. The van der Waals surface area contributed by atoms with Crippen LogP contribution in [0.1, 0.15) is 24.1 Å². The molecule has 3 aromatic rings. The van der Waals surface area contributed by atoms with Crippen LogP contribution in [-0.2, 0) is 6.42 Å². The molecule has 3 atom stereocenters. The van der Waals surface area contributed by atoms with Crippen molar-refractivity contribution < 1.29 is 9.13 Å². The zero-order chi connectivity index (χ0) is 21.1. The van der Waals surface area contributed by atoms with Crippen LogP contribution in [0.2, 0.25) is 0 Å². The maximum atomic E-state index is 14.4. The van der Waals surface area contributed by atoms with Crippen molar-refractivity contribution in [3.63, 3.8) is 0 Å². The number of hydrogen-bond donors (Lipinski definition) is 2. The molecule has 1 aliphatic heterocycles. The molecule has 158 valence electrons. The van der Waals surface area contributed by atoms with Crippen LogP contribution in [0.15, 0.2) is 36.7 Å². The number of rotatable bonds is 4. The molecule has 3 heterocycles. The van der Waals surface area contributed by atoms with Crippen LogP contribution in [0.25, 0.3) is 11.1 Å². The molecule has 1 aromatic carbocycles. The zero-order valence-electron chi connectivity index (χ0n) is 17.2. The lowest BCUT2D eigenvalue weighted by Gasteiger charge is -2.32. The van der Waals surface area contributed by atoms with E-state index >= 15 is 0 Å². The number of hydrogen-bond acceptors (Lipinski definition) is 7. The monoisotopic (exact) mass is 418 g/mol. The van der Waals surface area contributed by atoms with Crippen LogP contribution in [0.4, 0.5) is 15.9 Å². The molecule has 1 saturated carbocycles. The van der Waals surface area contributed by atoms with Gasteiger partial charge in [0, 0.05) is 49.5 Å². The van der Waals surface area contributed by atoms with Gasteiger partial charge in [-0.2, -0.15) is 9.97 Å². The molecule has 0 amide bonds. The first kappa shape index (κ1) is 18.5. The molecule has 2 bridgehead atoms. The lowest BCUT2D eigenvalue weighted by molar-refractivity contribution is 0.434. The molecule has 2 aromatic heterocycles. The van der Waals surface area contributed by atoms with Gasteiger partial charge in [0.1, 0.15) is 17.4 Å². The Morgan fingerprint density at radius 3 is 2.87 bits per heavy atom. The number of nitrogens with one attached hydrogen (secondary N) is 1. The molecule has 1 saturated heterocycles. The summed E-state index contributed by atoms with van der Waals surface area (Å²) in [6.07, 6.45) is 5.94. The van der Waals surface area contributed by atoms with E-state index in [0.717, 1.165) is 53.3 Å². The van der Waals surface area contributed by atoms with Crippen molar-refractivity contribution in [3.05, 3.63) is 53.7 Å². The minimum atomic E-state index is -0.275. The number of ether oxygens (including phenoxy) is 1. The van der Waals surface area contributed by atoms with Crippen LogP contribution in [-0.4, -0.2) is 40.6 Å². The van der Waals surface area contributed by atoms with Crippen LogP contribution < -0.4 is 20.7 Å². The van der Waals surface area contributed by atoms with Crippen LogP contribution >= 0.6 is 0 Å². The first-order valence-corrected chi connectivity index (χ1v) is 10.6. The lowest BCUT2D eigenvalue weighted by atomic mass is 10.0. The summed E-state index contributed by atoms with van der Waals surface area (Å²) in [6, 6.07) is 7.62. The largest absolute Gasteiger partial charge is 0.423 e. The van der Waals surface area contributed by atoms with Crippen LogP contribution in [0, 0.1) is 11.7 Å². The van der Waals surface area contributed by atoms with Gasteiger partial charge in [-0.1, -0.05) is 0 Å². The Balaban J connectivity index is 1.49. The average Bonchev–Trinajstić information content (AvgIpc) is 3.45. The predicted octanol–water partition coefficient (Wildman–Crippen LogP) is 3.34. The fraction of sp³-hybridized carbons (Fsp3) is 0.348. The van der Waals surface area contributed by atoms with E-state index in [-0.39, 0.29) is 17.9 Å². The van der Waals surface area contributed by atoms with E-state index in [9.17, 15) is 4.39 Å². The molecule has 0 spiro atoms. The fourth-order valence-corrected chi connectivity index (χ4v) is 5.34. The van der Waals surface area contributed by atoms with Crippen LogP contribution in [0.5, 0.6) is 11.8 Å². The van der Waals surface area contributed by atoms with Gasteiger partial charge in [0.15, 0.2) is 0 Å². The van der Waals surface area contributed by atoms with Gasteiger partial charge in [-0.15, -0.1) is 0 Å². The number of nitrogens with two attached hydrogens (primary N) is 1. The third-order valence-corrected chi connectivity index (χ3v) is 6.75. The molecule has 7 nitrogen and oxygen atoms in total. The molecule has 3 aliphatic rings. The Labute approximate surface area is 179 Å². The molecule has 0 radical (unpaired) electrons. The summed E-state index contributed by atoms with van der Waals surface area (Å²) < 4.78 is 20.4. The number of pyridine rings is 1. The van der Waals surface area contributed by atoms with Crippen molar-refractivity contribution >= 4 is 11.5 Å². The minimum absolute atomic E-state index is 0.239. The van der Waals surface area contributed by atoms with Gasteiger partial charge in [0.25, 0.3) is 0 Å². The molecule has 0 unspecified atom stereocenters. The van der Waals surface area contributed by atoms with E-state index in [2.05, 4.69) is 15.2 Å². The maximum Gasteiger partial charge on any atom is 0.324 e. The fourth-order valence-electron chi connectivity index (χ4n) is 5.34. The average molecular weight is 418 g/mol. The summed E-state index contributed by atoms with van der Waals surface area (Å²) in [6.45, 7) is 0.852. The summed E-state index contributed by atoms with van der Waals surface area (Å²) in [4.78, 5) is 16.0. The number of halogens is 1. The molecular weight excluding hydrogens is 395 g/mol. The summed E-state index contributed by atoms with van der Waals surface area (Å²) in [5.41, 5.74) is 10.7. The molecule has 3 N–H and O–H groups in total. The van der Waals surface area contributed by atoms with Crippen molar-refractivity contribution in [2.45, 2.75) is 31.3 Å². The van der Waals surface area contributed by atoms with Crippen molar-refractivity contribution in [2.75, 3.05) is 23.8 Å². The van der Waals surface area contributed by atoms with Crippen molar-refractivity contribution in [1.29, 1.82) is 0 Å². The normalized spacial score (nSPS) is 23.1. The minimum Gasteiger partial charge on any atom is -0.423 e. The quantitative estimate of drug-likeness (QED) is 0.525. The molecule has 2 fully saturated rings. The third-order valence-electron chi connectivity index (χ3n) is 6.75. The number of nitrogens with zero attached hydrogens (tertiary/aromatic N) is 4. The first-order chi connectivity index (χ1) is 15.1. The maximum absolute atomic E-state index is 14.4. The van der Waals surface area contributed by atoms with E-state index in [1.165, 1.54) is 6.07 Å². The Morgan fingerprint density at radius 2 is 2.16 bits per heavy atom. The second-order valence-electron chi connectivity index (χ2n) is 8.55. The second-order valence-corrected chi connectivity index (χ2v) is 8.55. The molecule has 31 heavy (non-hydrogen) atoms. The van der Waals surface area contributed by atoms with Gasteiger partial charge in [-0.25, -0.2) is 4.39 Å². The second kappa shape index (κ2) is 6.88. The van der Waals surface area contributed by atoms with Gasteiger partial charge in [-0.3, -0.25) is 4.98 Å². The van der Waals surface area contributed by atoms with E-state index in [1.807, 2.05) is 19.2 Å². The summed E-state index contributed by atoms with van der Waals surface area (Å²) in [5, 5.41) is 3.12. The highest BCUT2D eigenvalue weighted by molar-refractivity contribution is 5.88. The van der Waals surface area contributed by atoms with Gasteiger partial charge < -0.3 is 20.7 Å². The topological polar surface area (TPSA) is 89.2 Å². The highest BCUT2D eigenvalue weighted by atomic mass is 19.1. The predicted molar refractivity (Wildman–Crippen MR) is 116 cm³/mol. The number of fused-ring (bicyclic) bond motifs is 5. The van der Waals surface area contributed by atoms with E-state index in [0.29, 0.717) is 24.1 Å². The number of benzene rings is 1. The summed E-state index contributed by atoms with van der Waals surface area (Å²) in [5.74, 6) is 1.58. The molecule has 6 rings (SSSR count). The Kier molecular flexibility index (Phi) is 4.11. The standard InChI is InChI=1S/C23H23FN6O/c1-26-19-7-13(24)6-17-16(19)9-20-21(17)22(30-11-12-5-14(30)8-18(12)25)29-23(28-20)31-15-3-2-4-27-10-15/h2-4,6-7,10,12,14,18,26H,5,8-9,11,25H2,1H3/t12-,14-,18-/m1/s1. The highest BCUT2D eigenvalue weighted by Crippen LogP contribution is 2.48. The van der Waals surface area contributed by atoms with Gasteiger partial charge in [-0.05, 0) is 54.2 Å². The van der Waals surface area contributed by atoms with Crippen molar-refractivity contribution in [2.24, 2.45) is 11.7 Å². The number of piperidine rings is 1. The summed E-state index contributed by atoms with van der Waals surface area (Å²) in [7, 11) is 1.81. The van der Waals surface area contributed by atoms with Gasteiger partial charge in [0.05, 0.1) is 11.9 Å². The summed E-state index contributed by atoms with van der Waals surface area (Å²) >= 11 is 0. The van der Waals surface area contributed by atoms with Crippen molar-refractivity contribution in [3.8, 4) is 22.9 Å². The number of anilines is 2. The Morgan fingerprint density at radius 1 is 1.26 bits per heavy atom. The van der Waals surface area contributed by atoms with E-state index in [4.69, 9.17) is 20.4 Å². The van der Waals surface area contributed by atoms with Gasteiger partial charge in [0.2, 0.25) is 0 Å². The Hall–Kier alpha value is -3.26. The van der Waals surface area contributed by atoms with Crippen LogP contribution in [0.3, 0.4) is 0 Å². The smallest absolute Gasteiger partial charge is 0.324 e. The molecule has 2 aliphatic carbocycles. The SMILES string of the molecule is CNc1cc(F)cc2c1Cc1nc(Oc3cccnc3)nc(N3C[C@H]4C[C@@H]3C[C@H]4N)c1-2. The lowest BCUT2D eigenvalue weighted by Crippen LogP contribution is -2.41. The van der Waals surface area contributed by atoms with E-state index in [1.54, 1.807) is 18.5 Å². The Bertz CT molecular complexity index is 1170. The molecule has 8 heteroatoms.